The van der Waals surface area contributed by atoms with Gasteiger partial charge in [-0.1, -0.05) is 25.1 Å². The Bertz CT molecular complexity index is 516. The van der Waals surface area contributed by atoms with Crippen LogP contribution in [0.5, 0.6) is 5.75 Å². The average molecular weight is 318 g/mol. The molecule has 23 heavy (non-hydrogen) atoms. The third-order valence-electron chi connectivity index (χ3n) is 4.76. The zero-order chi connectivity index (χ0) is 16.8. The molecular weight excluding hydrogens is 288 g/mol. The van der Waals surface area contributed by atoms with Gasteiger partial charge in [0.25, 0.3) is 0 Å². The zero-order valence-corrected chi connectivity index (χ0v) is 14.6. The van der Waals surface area contributed by atoms with E-state index in [2.05, 4.69) is 13.0 Å². The molecule has 2 rings (SSSR count). The predicted molar refractivity (Wildman–Crippen MR) is 93.5 cm³/mol. The third-order valence-corrected chi connectivity index (χ3v) is 4.76. The van der Waals surface area contributed by atoms with Gasteiger partial charge in [0.2, 0.25) is 5.91 Å². The van der Waals surface area contributed by atoms with E-state index >= 15 is 0 Å². The molecule has 1 saturated heterocycles. The van der Waals surface area contributed by atoms with Crippen LogP contribution >= 0.6 is 0 Å². The number of rotatable bonds is 6. The molecule has 1 heterocycles. The number of benzene rings is 1. The molecule has 0 spiro atoms. The van der Waals surface area contributed by atoms with Crippen molar-refractivity contribution in [2.24, 2.45) is 11.7 Å². The molecule has 4 nitrogen and oxygen atoms in total. The van der Waals surface area contributed by atoms with Crippen LogP contribution in [0.2, 0.25) is 0 Å². The van der Waals surface area contributed by atoms with Crippen molar-refractivity contribution < 1.29 is 9.53 Å². The van der Waals surface area contributed by atoms with E-state index in [1.807, 2.05) is 30.0 Å². The normalized spacial score (nSPS) is 20.9. The van der Waals surface area contributed by atoms with E-state index in [4.69, 9.17) is 10.5 Å². The number of hydrogen-bond donors (Lipinski definition) is 1. The summed E-state index contributed by atoms with van der Waals surface area (Å²) in [6.07, 6.45) is 4.72. The van der Waals surface area contributed by atoms with Gasteiger partial charge in [-0.3, -0.25) is 4.79 Å². The zero-order valence-electron chi connectivity index (χ0n) is 14.6. The van der Waals surface area contributed by atoms with Gasteiger partial charge in [0.05, 0.1) is 7.11 Å². The van der Waals surface area contributed by atoms with Crippen molar-refractivity contribution in [2.45, 2.75) is 58.0 Å². The maximum Gasteiger partial charge on any atom is 0.223 e. The Morgan fingerprint density at radius 3 is 2.78 bits per heavy atom. The molecule has 0 aliphatic carbocycles. The third kappa shape index (κ3) is 4.71. The van der Waals surface area contributed by atoms with Crippen LogP contribution in [0.1, 0.15) is 45.1 Å². The number of likely N-dealkylation sites (tertiary alicyclic amines) is 1. The largest absolute Gasteiger partial charge is 0.496 e. The minimum atomic E-state index is 0.0452. The Balaban J connectivity index is 1.96. The van der Waals surface area contributed by atoms with Crippen LogP contribution in [0, 0.1) is 5.92 Å². The van der Waals surface area contributed by atoms with Crippen molar-refractivity contribution in [1.29, 1.82) is 0 Å². The first-order chi connectivity index (χ1) is 11.0. The van der Waals surface area contributed by atoms with Crippen molar-refractivity contribution in [1.82, 2.24) is 4.90 Å². The highest BCUT2D eigenvalue weighted by molar-refractivity contribution is 5.77. The average Bonchev–Trinajstić information content (AvgIpc) is 2.55. The molecule has 128 valence electrons. The molecule has 0 saturated carbocycles. The van der Waals surface area contributed by atoms with E-state index in [1.54, 1.807) is 7.11 Å². The number of para-hydroxylation sites is 1. The molecule has 0 aromatic heterocycles. The Kier molecular flexibility index (Phi) is 6.46. The molecule has 3 atom stereocenters. The summed E-state index contributed by atoms with van der Waals surface area (Å²) in [5.41, 5.74) is 7.24. The minimum Gasteiger partial charge on any atom is -0.496 e. The molecular formula is C19H30N2O2. The van der Waals surface area contributed by atoms with Crippen molar-refractivity contribution in [3.8, 4) is 5.75 Å². The molecule has 0 radical (unpaired) electrons. The van der Waals surface area contributed by atoms with Crippen LogP contribution in [0.4, 0.5) is 0 Å². The van der Waals surface area contributed by atoms with E-state index in [9.17, 15) is 4.79 Å². The van der Waals surface area contributed by atoms with E-state index < -0.39 is 0 Å². The van der Waals surface area contributed by atoms with Crippen LogP contribution in [0.25, 0.3) is 0 Å². The number of carbonyl (C=O) groups is 1. The maximum atomic E-state index is 12.7. The fraction of sp³-hybridized carbons (Fsp3) is 0.632. The molecule has 1 aliphatic rings. The molecule has 1 aromatic carbocycles. The number of ether oxygens (including phenoxy) is 1. The van der Waals surface area contributed by atoms with Gasteiger partial charge in [-0.2, -0.15) is 0 Å². The topological polar surface area (TPSA) is 55.6 Å². The van der Waals surface area contributed by atoms with Crippen molar-refractivity contribution in [3.63, 3.8) is 0 Å². The molecule has 1 fully saturated rings. The number of nitrogens with two attached hydrogens (primary N) is 1. The fourth-order valence-electron chi connectivity index (χ4n) is 3.55. The van der Waals surface area contributed by atoms with Gasteiger partial charge < -0.3 is 15.4 Å². The quantitative estimate of drug-likeness (QED) is 0.877. The van der Waals surface area contributed by atoms with Gasteiger partial charge in [0.15, 0.2) is 0 Å². The van der Waals surface area contributed by atoms with E-state index in [0.717, 1.165) is 37.1 Å². The molecule has 1 aromatic rings. The van der Waals surface area contributed by atoms with E-state index in [0.29, 0.717) is 6.42 Å². The van der Waals surface area contributed by atoms with Gasteiger partial charge in [0, 0.05) is 25.0 Å². The second kappa shape index (κ2) is 8.34. The summed E-state index contributed by atoms with van der Waals surface area (Å²) < 4.78 is 5.40. The van der Waals surface area contributed by atoms with Crippen LogP contribution in [-0.2, 0) is 11.2 Å². The first-order valence-corrected chi connectivity index (χ1v) is 8.70. The Morgan fingerprint density at radius 1 is 1.35 bits per heavy atom. The number of methoxy groups -OCH3 is 1. The number of amides is 1. The lowest BCUT2D eigenvalue weighted by molar-refractivity contribution is -0.136. The summed E-state index contributed by atoms with van der Waals surface area (Å²) in [5, 5.41) is 0. The van der Waals surface area contributed by atoms with Crippen molar-refractivity contribution in [3.05, 3.63) is 29.8 Å². The molecule has 1 amide bonds. The molecule has 1 aliphatic heterocycles. The minimum absolute atomic E-state index is 0.0452. The van der Waals surface area contributed by atoms with Crippen LogP contribution in [0.15, 0.2) is 24.3 Å². The number of carbonyl (C=O) groups excluding carboxylic acids is 1. The highest BCUT2D eigenvalue weighted by Crippen LogP contribution is 2.25. The smallest absolute Gasteiger partial charge is 0.223 e. The van der Waals surface area contributed by atoms with Crippen molar-refractivity contribution >= 4 is 5.91 Å². The highest BCUT2D eigenvalue weighted by Gasteiger charge is 2.29. The van der Waals surface area contributed by atoms with Gasteiger partial charge in [-0.15, -0.1) is 0 Å². The van der Waals surface area contributed by atoms with Crippen LogP contribution in [0.3, 0.4) is 0 Å². The first-order valence-electron chi connectivity index (χ1n) is 8.70. The Morgan fingerprint density at radius 2 is 2.09 bits per heavy atom. The second-order valence-corrected chi connectivity index (χ2v) is 6.83. The van der Waals surface area contributed by atoms with Crippen LogP contribution in [-0.4, -0.2) is 36.5 Å². The lowest BCUT2D eigenvalue weighted by Crippen LogP contribution is -2.52. The summed E-state index contributed by atoms with van der Waals surface area (Å²) in [7, 11) is 1.69. The Labute approximate surface area is 140 Å². The predicted octanol–water partition coefficient (Wildman–Crippen LogP) is 2.99. The maximum absolute atomic E-state index is 12.7. The second-order valence-electron chi connectivity index (χ2n) is 6.83. The molecule has 0 bridgehead atoms. The summed E-state index contributed by atoms with van der Waals surface area (Å²) in [4.78, 5) is 14.7. The lowest BCUT2D eigenvalue weighted by atomic mass is 9.93. The summed E-state index contributed by atoms with van der Waals surface area (Å²) in [5.74, 6) is 1.43. The Hall–Kier alpha value is -1.55. The molecule has 2 N–H and O–H groups in total. The highest BCUT2D eigenvalue weighted by atomic mass is 16.5. The van der Waals surface area contributed by atoms with Gasteiger partial charge in [-0.05, 0) is 50.2 Å². The van der Waals surface area contributed by atoms with Gasteiger partial charge in [-0.25, -0.2) is 0 Å². The monoisotopic (exact) mass is 318 g/mol. The number of piperidine rings is 1. The SMILES string of the molecule is COc1ccccc1CC(C)CC(=O)N1CCCCC1C(C)N. The number of hydrogen-bond acceptors (Lipinski definition) is 3. The fourth-order valence-corrected chi connectivity index (χ4v) is 3.55. The van der Waals surface area contributed by atoms with Crippen molar-refractivity contribution in [2.75, 3.05) is 13.7 Å². The lowest BCUT2D eigenvalue weighted by Gasteiger charge is -2.38. The standard InChI is InChI=1S/C19H30N2O2/c1-14(12-16-8-4-5-10-18(16)23-3)13-19(22)21-11-7-6-9-17(21)15(2)20/h4-5,8,10,14-15,17H,6-7,9,11-13,20H2,1-3H3. The molecule has 3 unspecified atom stereocenters. The molecule has 4 heteroatoms. The van der Waals surface area contributed by atoms with E-state index in [-0.39, 0.29) is 23.9 Å². The number of nitrogens with zero attached hydrogens (tertiary/aromatic N) is 1. The summed E-state index contributed by atoms with van der Waals surface area (Å²) >= 11 is 0. The summed E-state index contributed by atoms with van der Waals surface area (Å²) in [6.45, 7) is 5.00. The van der Waals surface area contributed by atoms with Gasteiger partial charge in [0.1, 0.15) is 5.75 Å². The van der Waals surface area contributed by atoms with Crippen LogP contribution < -0.4 is 10.5 Å². The van der Waals surface area contributed by atoms with E-state index in [1.165, 1.54) is 6.42 Å². The first kappa shape index (κ1) is 17.8. The summed E-state index contributed by atoms with van der Waals surface area (Å²) in [6, 6.07) is 8.28. The van der Waals surface area contributed by atoms with Gasteiger partial charge >= 0.3 is 0 Å².